The lowest BCUT2D eigenvalue weighted by molar-refractivity contribution is 1.22. The fourth-order valence-electron chi connectivity index (χ4n) is 2.89. The van der Waals surface area contributed by atoms with Crippen LogP contribution in [0.15, 0.2) is 90.2 Å². The number of fused-ring (bicyclic) bond motifs is 1. The van der Waals surface area contributed by atoms with E-state index in [9.17, 15) is 0 Å². The van der Waals surface area contributed by atoms with Crippen molar-refractivity contribution in [2.45, 2.75) is 6.92 Å². The van der Waals surface area contributed by atoms with E-state index in [1.54, 1.807) is 6.20 Å². The molecule has 0 amide bonds. The average molecular weight is 338 g/mol. The largest absolute Gasteiger partial charge is 0.261 e. The highest BCUT2D eigenvalue weighted by atomic mass is 15.3. The van der Waals surface area contributed by atoms with Crippen molar-refractivity contribution >= 4 is 22.4 Å². The average Bonchev–Trinajstić information content (AvgIpc) is 2.70. The first-order valence-electron chi connectivity index (χ1n) is 8.48. The Labute approximate surface area is 152 Å². The van der Waals surface area contributed by atoms with Crippen molar-refractivity contribution in [2.24, 2.45) is 5.10 Å². The van der Waals surface area contributed by atoms with Gasteiger partial charge in [0.05, 0.1) is 11.2 Å². The summed E-state index contributed by atoms with van der Waals surface area (Å²) in [7, 11) is 0. The van der Waals surface area contributed by atoms with Crippen LogP contribution in [0.5, 0.6) is 0 Å². The molecule has 126 valence electrons. The summed E-state index contributed by atoms with van der Waals surface area (Å²) in [5.41, 5.74) is 7.80. The first-order chi connectivity index (χ1) is 12.8. The summed E-state index contributed by atoms with van der Waals surface area (Å²) in [6.07, 6.45) is 1.77. The molecule has 26 heavy (non-hydrogen) atoms. The van der Waals surface area contributed by atoms with Gasteiger partial charge in [0.2, 0.25) is 0 Å². The van der Waals surface area contributed by atoms with E-state index in [1.807, 2.05) is 72.8 Å². The van der Waals surface area contributed by atoms with E-state index in [1.165, 1.54) is 0 Å². The maximum absolute atomic E-state index is 4.66. The maximum atomic E-state index is 4.66. The minimum atomic E-state index is 0.713. The van der Waals surface area contributed by atoms with Gasteiger partial charge in [-0.15, -0.1) is 0 Å². The zero-order valence-corrected chi connectivity index (χ0v) is 14.4. The number of hydrazone groups is 1. The molecule has 0 saturated carbocycles. The van der Waals surface area contributed by atoms with Crippen LogP contribution < -0.4 is 5.43 Å². The minimum absolute atomic E-state index is 0.713. The van der Waals surface area contributed by atoms with Crippen molar-refractivity contribution in [3.8, 4) is 0 Å². The number of pyridine rings is 2. The van der Waals surface area contributed by atoms with E-state index < -0.39 is 0 Å². The third kappa shape index (κ3) is 3.30. The molecule has 0 bridgehead atoms. The molecule has 0 saturated heterocycles. The van der Waals surface area contributed by atoms with Crippen LogP contribution >= 0.6 is 0 Å². The van der Waals surface area contributed by atoms with Crippen molar-refractivity contribution in [2.75, 3.05) is 5.43 Å². The van der Waals surface area contributed by atoms with Crippen LogP contribution in [-0.4, -0.2) is 15.7 Å². The van der Waals surface area contributed by atoms with Crippen molar-refractivity contribution in [3.63, 3.8) is 0 Å². The third-order valence-electron chi connectivity index (χ3n) is 4.16. The number of benzene rings is 2. The van der Waals surface area contributed by atoms with E-state index in [-0.39, 0.29) is 0 Å². The quantitative estimate of drug-likeness (QED) is 0.429. The zero-order valence-electron chi connectivity index (χ0n) is 14.4. The molecule has 4 nitrogen and oxygen atoms in total. The molecule has 2 heterocycles. The molecular formula is C22H18N4. The summed E-state index contributed by atoms with van der Waals surface area (Å²) in [5.74, 6) is 0.713. The van der Waals surface area contributed by atoms with Gasteiger partial charge in [-0.05, 0) is 36.8 Å². The van der Waals surface area contributed by atoms with Crippen LogP contribution in [0.4, 0.5) is 5.82 Å². The van der Waals surface area contributed by atoms with Gasteiger partial charge in [-0.3, -0.25) is 10.4 Å². The highest BCUT2D eigenvalue weighted by Crippen LogP contribution is 2.20. The lowest BCUT2D eigenvalue weighted by Gasteiger charge is -2.09. The van der Waals surface area contributed by atoms with Gasteiger partial charge in [0.15, 0.2) is 0 Å². The van der Waals surface area contributed by atoms with Crippen molar-refractivity contribution < 1.29 is 0 Å². The predicted molar refractivity (Wildman–Crippen MR) is 106 cm³/mol. The summed E-state index contributed by atoms with van der Waals surface area (Å²) < 4.78 is 0. The Morgan fingerprint density at radius 2 is 1.65 bits per heavy atom. The lowest BCUT2D eigenvalue weighted by Crippen LogP contribution is -2.09. The number of rotatable bonds is 4. The predicted octanol–water partition coefficient (Wildman–Crippen LogP) is 4.80. The van der Waals surface area contributed by atoms with E-state index >= 15 is 0 Å². The maximum Gasteiger partial charge on any atom is 0.147 e. The van der Waals surface area contributed by atoms with Gasteiger partial charge in [-0.2, -0.15) is 5.10 Å². The standard InChI is InChI=1S/C22H18N4/c1-16-15-21(24-19-12-6-5-11-18(16)19)25-26-22(17-9-3-2-4-10-17)20-13-7-8-14-23-20/h2-15H,1H3,(H,24,25)/b26-22+. The molecule has 0 unspecified atom stereocenters. The zero-order chi connectivity index (χ0) is 17.8. The first kappa shape index (κ1) is 16.0. The molecule has 2 aromatic carbocycles. The number of nitrogens with one attached hydrogen (secondary N) is 1. The smallest absolute Gasteiger partial charge is 0.147 e. The minimum Gasteiger partial charge on any atom is -0.261 e. The van der Waals surface area contributed by atoms with Crippen LogP contribution in [-0.2, 0) is 0 Å². The van der Waals surface area contributed by atoms with Crippen LogP contribution in [0.3, 0.4) is 0 Å². The molecule has 0 fully saturated rings. The SMILES string of the molecule is Cc1cc(N/N=C(\c2ccccc2)c2ccccn2)nc2ccccc12. The molecule has 4 heteroatoms. The number of aryl methyl sites for hydroxylation is 1. The molecule has 0 aliphatic rings. The summed E-state index contributed by atoms with van der Waals surface area (Å²) in [4.78, 5) is 9.10. The molecule has 4 rings (SSSR count). The molecule has 4 aromatic rings. The Morgan fingerprint density at radius 1 is 0.885 bits per heavy atom. The number of hydrogen-bond acceptors (Lipinski definition) is 4. The Kier molecular flexibility index (Phi) is 4.39. The van der Waals surface area contributed by atoms with Crippen molar-refractivity contribution in [1.29, 1.82) is 0 Å². The first-order valence-corrected chi connectivity index (χ1v) is 8.48. The van der Waals surface area contributed by atoms with Crippen LogP contribution in [0.1, 0.15) is 16.8 Å². The molecule has 0 aliphatic heterocycles. The Hall–Kier alpha value is -3.53. The Bertz CT molecular complexity index is 1020. The van der Waals surface area contributed by atoms with Crippen molar-refractivity contribution in [1.82, 2.24) is 9.97 Å². The van der Waals surface area contributed by atoms with E-state index in [4.69, 9.17) is 0 Å². The van der Waals surface area contributed by atoms with Gasteiger partial charge in [-0.1, -0.05) is 54.6 Å². The third-order valence-corrected chi connectivity index (χ3v) is 4.16. The summed E-state index contributed by atoms with van der Waals surface area (Å²) in [6.45, 7) is 2.08. The summed E-state index contributed by atoms with van der Waals surface area (Å²) >= 11 is 0. The Balaban J connectivity index is 1.74. The lowest BCUT2D eigenvalue weighted by atomic mass is 10.1. The van der Waals surface area contributed by atoms with E-state index in [0.29, 0.717) is 5.82 Å². The van der Waals surface area contributed by atoms with Gasteiger partial charge in [-0.25, -0.2) is 4.98 Å². The summed E-state index contributed by atoms with van der Waals surface area (Å²) in [5, 5.41) is 5.77. The molecule has 0 aliphatic carbocycles. The normalized spacial score (nSPS) is 11.5. The van der Waals surface area contributed by atoms with Crippen LogP contribution in [0.2, 0.25) is 0 Å². The molecule has 0 spiro atoms. The van der Waals surface area contributed by atoms with Crippen LogP contribution in [0, 0.1) is 6.92 Å². The molecule has 2 aromatic heterocycles. The molecule has 0 radical (unpaired) electrons. The number of hydrogen-bond donors (Lipinski definition) is 1. The molecule has 1 N–H and O–H groups in total. The summed E-state index contributed by atoms with van der Waals surface area (Å²) in [6, 6.07) is 25.9. The van der Waals surface area contributed by atoms with E-state index in [0.717, 1.165) is 33.4 Å². The highest BCUT2D eigenvalue weighted by Gasteiger charge is 2.08. The second-order valence-electron chi connectivity index (χ2n) is 5.99. The second kappa shape index (κ2) is 7.15. The number of anilines is 1. The molecule has 0 atom stereocenters. The monoisotopic (exact) mass is 338 g/mol. The second-order valence-corrected chi connectivity index (χ2v) is 5.99. The number of nitrogens with zero attached hydrogens (tertiary/aromatic N) is 3. The van der Waals surface area contributed by atoms with Gasteiger partial charge in [0.25, 0.3) is 0 Å². The van der Waals surface area contributed by atoms with Gasteiger partial charge in [0, 0.05) is 17.1 Å². The fraction of sp³-hybridized carbons (Fsp3) is 0.0455. The topological polar surface area (TPSA) is 50.2 Å². The number of aromatic nitrogens is 2. The van der Waals surface area contributed by atoms with Crippen molar-refractivity contribution in [3.05, 3.63) is 102 Å². The van der Waals surface area contributed by atoms with Crippen LogP contribution in [0.25, 0.3) is 10.9 Å². The molecular weight excluding hydrogens is 320 g/mol. The van der Waals surface area contributed by atoms with Gasteiger partial charge >= 0.3 is 0 Å². The Morgan fingerprint density at radius 3 is 2.46 bits per heavy atom. The highest BCUT2D eigenvalue weighted by molar-refractivity contribution is 6.11. The van der Waals surface area contributed by atoms with E-state index in [2.05, 4.69) is 33.5 Å². The number of para-hydroxylation sites is 1. The fourth-order valence-corrected chi connectivity index (χ4v) is 2.89. The van der Waals surface area contributed by atoms with Gasteiger partial charge in [0.1, 0.15) is 11.5 Å². The van der Waals surface area contributed by atoms with Gasteiger partial charge < -0.3 is 0 Å².